The molecule has 1 N–H and O–H groups in total. The summed E-state index contributed by atoms with van der Waals surface area (Å²) in [6.45, 7) is 2.75. The van der Waals surface area contributed by atoms with Crippen LogP contribution in [0.3, 0.4) is 0 Å². The van der Waals surface area contributed by atoms with E-state index in [1.54, 1.807) is 0 Å². The highest BCUT2D eigenvalue weighted by Gasteiger charge is 2.19. The second kappa shape index (κ2) is 4.94. The van der Waals surface area contributed by atoms with Crippen molar-refractivity contribution in [2.75, 3.05) is 19.8 Å². The molecule has 2 heterocycles. The van der Waals surface area contributed by atoms with Crippen molar-refractivity contribution in [3.05, 3.63) is 0 Å². The van der Waals surface area contributed by atoms with Crippen LogP contribution in [0.15, 0.2) is 0 Å². The smallest absolute Gasteiger partial charge is 0.157 e. The van der Waals surface area contributed by atoms with Crippen molar-refractivity contribution in [2.24, 2.45) is 0 Å². The lowest BCUT2D eigenvalue weighted by Crippen LogP contribution is -2.34. The fraction of sp³-hybridized carbons (Fsp3) is 1.00. The van der Waals surface area contributed by atoms with Crippen LogP contribution in [0.5, 0.6) is 0 Å². The highest BCUT2D eigenvalue weighted by atomic mass is 16.7. The van der Waals surface area contributed by atoms with Crippen LogP contribution in [0.25, 0.3) is 0 Å². The Hall–Kier alpha value is -0.120. The van der Waals surface area contributed by atoms with Crippen LogP contribution in [0, 0.1) is 0 Å². The van der Waals surface area contributed by atoms with Gasteiger partial charge >= 0.3 is 0 Å². The van der Waals surface area contributed by atoms with Gasteiger partial charge in [-0.1, -0.05) is 6.42 Å². The number of piperidine rings is 1. The Morgan fingerprint density at radius 2 is 1.92 bits per heavy atom. The summed E-state index contributed by atoms with van der Waals surface area (Å²) < 4.78 is 10.8. The molecule has 0 aliphatic carbocycles. The van der Waals surface area contributed by atoms with Gasteiger partial charge in [-0.2, -0.15) is 0 Å². The Balaban J connectivity index is 1.60. The van der Waals surface area contributed by atoms with E-state index in [2.05, 4.69) is 5.32 Å². The maximum atomic E-state index is 5.39. The van der Waals surface area contributed by atoms with Gasteiger partial charge < -0.3 is 14.8 Å². The fourth-order valence-corrected chi connectivity index (χ4v) is 2.08. The molecule has 0 aromatic heterocycles. The minimum Gasteiger partial charge on any atom is -0.350 e. The Morgan fingerprint density at radius 3 is 2.62 bits per heavy atom. The molecule has 2 aliphatic rings. The zero-order valence-corrected chi connectivity index (χ0v) is 8.13. The van der Waals surface area contributed by atoms with E-state index in [1.807, 2.05) is 0 Å². The van der Waals surface area contributed by atoms with Gasteiger partial charge in [0.05, 0.1) is 13.2 Å². The highest BCUT2D eigenvalue weighted by Crippen LogP contribution is 2.16. The van der Waals surface area contributed by atoms with Gasteiger partial charge in [0.25, 0.3) is 0 Å². The normalized spacial score (nSPS) is 30.9. The molecule has 3 heteroatoms. The SMILES string of the molecule is C1CCC(CCC2OCCO2)NC1. The van der Waals surface area contributed by atoms with Gasteiger partial charge in [0.2, 0.25) is 0 Å². The van der Waals surface area contributed by atoms with E-state index in [9.17, 15) is 0 Å². The maximum Gasteiger partial charge on any atom is 0.157 e. The molecule has 2 saturated heterocycles. The van der Waals surface area contributed by atoms with Crippen molar-refractivity contribution < 1.29 is 9.47 Å². The van der Waals surface area contributed by atoms with E-state index >= 15 is 0 Å². The topological polar surface area (TPSA) is 30.5 Å². The van der Waals surface area contributed by atoms with Crippen LogP contribution in [-0.2, 0) is 9.47 Å². The molecule has 0 aromatic carbocycles. The molecular formula is C10H19NO2. The van der Waals surface area contributed by atoms with E-state index in [-0.39, 0.29) is 6.29 Å². The standard InChI is InChI=1S/C10H19NO2/c1-2-6-11-9(3-1)4-5-10-12-7-8-13-10/h9-11H,1-8H2. The summed E-state index contributed by atoms with van der Waals surface area (Å²) in [7, 11) is 0. The molecule has 0 aromatic rings. The molecule has 1 atom stereocenters. The van der Waals surface area contributed by atoms with Crippen molar-refractivity contribution in [2.45, 2.75) is 44.4 Å². The third-order valence-electron chi connectivity index (χ3n) is 2.85. The van der Waals surface area contributed by atoms with Crippen LogP contribution in [0.1, 0.15) is 32.1 Å². The molecule has 13 heavy (non-hydrogen) atoms. The van der Waals surface area contributed by atoms with E-state index in [0.717, 1.165) is 19.6 Å². The molecular weight excluding hydrogens is 166 g/mol. The Morgan fingerprint density at radius 1 is 1.08 bits per heavy atom. The summed E-state index contributed by atoms with van der Waals surface area (Å²) >= 11 is 0. The zero-order valence-electron chi connectivity index (χ0n) is 8.13. The molecule has 76 valence electrons. The lowest BCUT2D eigenvalue weighted by atomic mass is 10.0. The van der Waals surface area contributed by atoms with Crippen LogP contribution in [-0.4, -0.2) is 32.1 Å². The van der Waals surface area contributed by atoms with Crippen molar-refractivity contribution in [1.29, 1.82) is 0 Å². The molecule has 2 rings (SSSR count). The first-order chi connectivity index (χ1) is 6.45. The third kappa shape index (κ3) is 2.93. The monoisotopic (exact) mass is 185 g/mol. The van der Waals surface area contributed by atoms with Gasteiger partial charge in [-0.3, -0.25) is 0 Å². The van der Waals surface area contributed by atoms with Gasteiger partial charge in [-0.25, -0.2) is 0 Å². The molecule has 0 radical (unpaired) electrons. The van der Waals surface area contributed by atoms with Crippen LogP contribution < -0.4 is 5.32 Å². The first kappa shape index (κ1) is 9.44. The summed E-state index contributed by atoms with van der Waals surface area (Å²) in [4.78, 5) is 0. The van der Waals surface area contributed by atoms with Crippen LogP contribution >= 0.6 is 0 Å². The zero-order chi connectivity index (χ0) is 8.93. The lowest BCUT2D eigenvalue weighted by Gasteiger charge is -2.24. The van der Waals surface area contributed by atoms with Gasteiger partial charge in [0.15, 0.2) is 6.29 Å². The summed E-state index contributed by atoms with van der Waals surface area (Å²) in [5, 5.41) is 3.53. The molecule has 2 aliphatic heterocycles. The van der Waals surface area contributed by atoms with Gasteiger partial charge in [-0.15, -0.1) is 0 Å². The quantitative estimate of drug-likeness (QED) is 0.718. The maximum absolute atomic E-state index is 5.39. The lowest BCUT2D eigenvalue weighted by molar-refractivity contribution is -0.0495. The largest absolute Gasteiger partial charge is 0.350 e. The molecule has 0 spiro atoms. The number of ether oxygens (including phenoxy) is 2. The second-order valence-electron chi connectivity index (χ2n) is 3.90. The van der Waals surface area contributed by atoms with Crippen molar-refractivity contribution in [1.82, 2.24) is 5.32 Å². The summed E-state index contributed by atoms with van der Waals surface area (Å²) in [6.07, 6.45) is 6.38. The summed E-state index contributed by atoms with van der Waals surface area (Å²) in [6, 6.07) is 0.710. The number of hydrogen-bond acceptors (Lipinski definition) is 3. The average molecular weight is 185 g/mol. The molecule has 0 bridgehead atoms. The number of hydrogen-bond donors (Lipinski definition) is 1. The molecule has 2 fully saturated rings. The van der Waals surface area contributed by atoms with Crippen LogP contribution in [0.4, 0.5) is 0 Å². The van der Waals surface area contributed by atoms with E-state index < -0.39 is 0 Å². The number of rotatable bonds is 3. The first-order valence-corrected chi connectivity index (χ1v) is 5.42. The van der Waals surface area contributed by atoms with Gasteiger partial charge in [0, 0.05) is 6.04 Å². The van der Waals surface area contributed by atoms with E-state index in [4.69, 9.17) is 9.47 Å². The minimum absolute atomic E-state index is 0.0868. The Bertz CT molecular complexity index is 140. The highest BCUT2D eigenvalue weighted by molar-refractivity contribution is 4.72. The van der Waals surface area contributed by atoms with Crippen molar-refractivity contribution in [3.8, 4) is 0 Å². The van der Waals surface area contributed by atoms with E-state index in [0.29, 0.717) is 6.04 Å². The first-order valence-electron chi connectivity index (χ1n) is 5.42. The summed E-state index contributed by atoms with van der Waals surface area (Å²) in [5.41, 5.74) is 0. The second-order valence-corrected chi connectivity index (χ2v) is 3.90. The third-order valence-corrected chi connectivity index (χ3v) is 2.85. The van der Waals surface area contributed by atoms with Gasteiger partial charge in [-0.05, 0) is 32.2 Å². The fourth-order valence-electron chi connectivity index (χ4n) is 2.08. The Kier molecular flexibility index (Phi) is 3.58. The van der Waals surface area contributed by atoms with Crippen molar-refractivity contribution in [3.63, 3.8) is 0 Å². The summed E-state index contributed by atoms with van der Waals surface area (Å²) in [5.74, 6) is 0. The predicted molar refractivity (Wildman–Crippen MR) is 50.6 cm³/mol. The van der Waals surface area contributed by atoms with E-state index in [1.165, 1.54) is 32.2 Å². The molecule has 3 nitrogen and oxygen atoms in total. The molecule has 0 amide bonds. The van der Waals surface area contributed by atoms with Crippen molar-refractivity contribution >= 4 is 0 Å². The molecule has 1 unspecified atom stereocenters. The van der Waals surface area contributed by atoms with Crippen LogP contribution in [0.2, 0.25) is 0 Å². The number of nitrogens with one attached hydrogen (secondary N) is 1. The van der Waals surface area contributed by atoms with Gasteiger partial charge in [0.1, 0.15) is 0 Å². The predicted octanol–water partition coefficient (Wildman–Crippen LogP) is 1.28. The minimum atomic E-state index is 0.0868. The Labute approximate surface area is 79.8 Å². The molecule has 0 saturated carbocycles. The average Bonchev–Trinajstić information content (AvgIpc) is 2.69.